The summed E-state index contributed by atoms with van der Waals surface area (Å²) in [5.41, 5.74) is 5.86. The topological polar surface area (TPSA) is 35.5 Å². The summed E-state index contributed by atoms with van der Waals surface area (Å²) in [6, 6.07) is 27.2. The van der Waals surface area contributed by atoms with Crippen LogP contribution in [0.25, 0.3) is 0 Å². The maximum absolute atomic E-state index is 10.2. The molecular formula is C29H34N2OS. The van der Waals surface area contributed by atoms with Crippen LogP contribution in [0.4, 0.5) is 11.4 Å². The number of rotatable bonds is 5. The number of para-hydroxylation sites is 2. The molecule has 0 saturated heterocycles. The third kappa shape index (κ3) is 4.98. The Kier molecular flexibility index (Phi) is 6.51. The van der Waals surface area contributed by atoms with E-state index in [4.69, 9.17) is 0 Å². The first kappa shape index (κ1) is 22.5. The van der Waals surface area contributed by atoms with E-state index in [1.807, 2.05) is 26.0 Å². The van der Waals surface area contributed by atoms with E-state index >= 15 is 0 Å². The van der Waals surface area contributed by atoms with Gasteiger partial charge in [0, 0.05) is 28.4 Å². The molecule has 1 saturated carbocycles. The van der Waals surface area contributed by atoms with Gasteiger partial charge in [0.1, 0.15) is 0 Å². The first-order valence-electron chi connectivity index (χ1n) is 12.2. The number of aliphatic hydroxyl groups is 1. The fourth-order valence-corrected chi connectivity index (χ4v) is 6.08. The van der Waals surface area contributed by atoms with Crippen molar-refractivity contribution in [1.29, 1.82) is 0 Å². The Morgan fingerprint density at radius 1 is 0.848 bits per heavy atom. The van der Waals surface area contributed by atoms with Crippen molar-refractivity contribution in [3.8, 4) is 0 Å². The molecule has 2 atom stereocenters. The molecule has 1 aliphatic carbocycles. The van der Waals surface area contributed by atoms with Crippen molar-refractivity contribution in [2.75, 3.05) is 4.90 Å². The number of nitrogens with zero attached hydrogens (tertiary/aromatic N) is 1. The molecule has 3 nitrogen and oxygen atoms in total. The predicted octanol–water partition coefficient (Wildman–Crippen LogP) is 6.76. The van der Waals surface area contributed by atoms with Gasteiger partial charge in [0.2, 0.25) is 0 Å². The highest BCUT2D eigenvalue weighted by Gasteiger charge is 2.31. The van der Waals surface area contributed by atoms with Gasteiger partial charge in [0.15, 0.2) is 0 Å². The van der Waals surface area contributed by atoms with Gasteiger partial charge < -0.3 is 10.0 Å². The molecular weight excluding hydrogens is 424 g/mol. The molecule has 1 heterocycles. The van der Waals surface area contributed by atoms with E-state index in [2.05, 4.69) is 70.3 Å². The molecule has 2 unspecified atom stereocenters. The van der Waals surface area contributed by atoms with E-state index in [1.54, 1.807) is 11.9 Å². The maximum Gasteiger partial charge on any atom is 0.0840 e. The van der Waals surface area contributed by atoms with E-state index in [-0.39, 0.29) is 0 Å². The Morgan fingerprint density at radius 3 is 2.06 bits per heavy atom. The minimum absolute atomic E-state index is 0.477. The standard InChI is InChI=1S/C29H34N2OS/c1-29(2,32)23-16-18-26(19-17-23)33-30-24-10-7-11-25(20-24)31-27-12-5-3-8-21(27)14-15-22-9-4-6-13-28(22)31/h3-6,8-9,12-13,16-19,24-25,30,32H,7,10-11,14-15,20H2,1-2H3. The Morgan fingerprint density at radius 2 is 1.45 bits per heavy atom. The second kappa shape index (κ2) is 9.54. The summed E-state index contributed by atoms with van der Waals surface area (Å²) < 4.78 is 3.76. The van der Waals surface area contributed by atoms with Crippen LogP contribution in [0, 0.1) is 0 Å². The van der Waals surface area contributed by atoms with Gasteiger partial charge in [-0.25, -0.2) is 0 Å². The average molecular weight is 459 g/mol. The zero-order chi connectivity index (χ0) is 22.8. The van der Waals surface area contributed by atoms with Crippen LogP contribution in [-0.2, 0) is 18.4 Å². The molecule has 172 valence electrons. The van der Waals surface area contributed by atoms with Gasteiger partial charge in [0.05, 0.1) is 5.60 Å². The van der Waals surface area contributed by atoms with E-state index < -0.39 is 5.60 Å². The molecule has 3 aromatic rings. The summed E-state index contributed by atoms with van der Waals surface area (Å²) in [6.45, 7) is 3.66. The van der Waals surface area contributed by atoms with Gasteiger partial charge in [0.25, 0.3) is 0 Å². The number of aryl methyl sites for hydroxylation is 2. The van der Waals surface area contributed by atoms with E-state index in [9.17, 15) is 5.11 Å². The molecule has 1 aliphatic heterocycles. The number of benzene rings is 3. The molecule has 1 fully saturated rings. The van der Waals surface area contributed by atoms with Crippen LogP contribution in [-0.4, -0.2) is 17.2 Å². The van der Waals surface area contributed by atoms with Gasteiger partial charge >= 0.3 is 0 Å². The lowest BCUT2D eigenvalue weighted by Gasteiger charge is -2.40. The van der Waals surface area contributed by atoms with Gasteiger partial charge in [-0.05, 0) is 105 Å². The van der Waals surface area contributed by atoms with Crippen molar-refractivity contribution in [2.24, 2.45) is 0 Å². The van der Waals surface area contributed by atoms with E-state index in [0.717, 1.165) is 24.8 Å². The second-order valence-electron chi connectivity index (χ2n) is 9.95. The lowest BCUT2D eigenvalue weighted by atomic mass is 9.89. The van der Waals surface area contributed by atoms with Gasteiger partial charge in [-0.1, -0.05) is 48.5 Å². The largest absolute Gasteiger partial charge is 0.386 e. The molecule has 3 aromatic carbocycles. The first-order chi connectivity index (χ1) is 16.0. The lowest BCUT2D eigenvalue weighted by molar-refractivity contribution is 0.0785. The third-order valence-corrected chi connectivity index (χ3v) is 8.04. The quantitative estimate of drug-likeness (QED) is 0.414. The van der Waals surface area contributed by atoms with Crippen LogP contribution >= 0.6 is 11.9 Å². The van der Waals surface area contributed by atoms with Crippen LogP contribution in [0.3, 0.4) is 0 Å². The summed E-state index contributed by atoms with van der Waals surface area (Å²) in [5, 5.41) is 10.2. The predicted molar refractivity (Wildman–Crippen MR) is 139 cm³/mol. The van der Waals surface area contributed by atoms with Crippen molar-refractivity contribution >= 4 is 23.3 Å². The van der Waals surface area contributed by atoms with Crippen LogP contribution in [0.5, 0.6) is 0 Å². The van der Waals surface area contributed by atoms with Crippen molar-refractivity contribution in [3.63, 3.8) is 0 Å². The fourth-order valence-electron chi connectivity index (χ4n) is 5.29. The van der Waals surface area contributed by atoms with E-state index in [1.165, 1.54) is 46.7 Å². The number of hydrogen-bond donors (Lipinski definition) is 2. The summed E-state index contributed by atoms with van der Waals surface area (Å²) >= 11 is 1.72. The molecule has 0 aromatic heterocycles. The molecule has 0 spiro atoms. The van der Waals surface area contributed by atoms with Crippen LogP contribution in [0.15, 0.2) is 77.7 Å². The molecule has 0 radical (unpaired) electrons. The average Bonchev–Trinajstić information content (AvgIpc) is 3.00. The van der Waals surface area contributed by atoms with Crippen molar-refractivity contribution in [2.45, 2.75) is 75.0 Å². The maximum atomic E-state index is 10.2. The van der Waals surface area contributed by atoms with Crippen molar-refractivity contribution in [1.82, 2.24) is 4.72 Å². The minimum atomic E-state index is -0.799. The summed E-state index contributed by atoms with van der Waals surface area (Å²) in [7, 11) is 0. The first-order valence-corrected chi connectivity index (χ1v) is 13.0. The zero-order valence-electron chi connectivity index (χ0n) is 19.6. The van der Waals surface area contributed by atoms with Crippen molar-refractivity contribution in [3.05, 3.63) is 89.5 Å². The number of hydrogen-bond acceptors (Lipinski definition) is 4. The number of nitrogens with one attached hydrogen (secondary N) is 1. The minimum Gasteiger partial charge on any atom is -0.386 e. The third-order valence-electron chi connectivity index (χ3n) is 7.08. The highest BCUT2D eigenvalue weighted by molar-refractivity contribution is 7.97. The Labute approximate surface area is 202 Å². The number of anilines is 2. The van der Waals surface area contributed by atoms with Gasteiger partial charge in [-0.3, -0.25) is 4.72 Å². The van der Waals surface area contributed by atoms with Gasteiger partial charge in [-0.15, -0.1) is 0 Å². The van der Waals surface area contributed by atoms with Crippen LogP contribution in [0.1, 0.15) is 56.2 Å². The zero-order valence-corrected chi connectivity index (χ0v) is 20.4. The number of fused-ring (bicyclic) bond motifs is 2. The molecule has 2 N–H and O–H groups in total. The Bertz CT molecular complexity index is 1040. The fraction of sp³-hybridized carbons (Fsp3) is 0.379. The monoisotopic (exact) mass is 458 g/mol. The molecule has 0 bridgehead atoms. The van der Waals surface area contributed by atoms with Crippen LogP contribution in [0.2, 0.25) is 0 Å². The second-order valence-corrected chi connectivity index (χ2v) is 10.9. The highest BCUT2D eigenvalue weighted by atomic mass is 32.2. The van der Waals surface area contributed by atoms with E-state index in [0.29, 0.717) is 12.1 Å². The SMILES string of the molecule is CC(C)(O)c1ccc(SNC2CCCC(N3c4ccccc4CCc4ccccc43)C2)cc1. The Balaban J connectivity index is 1.33. The molecule has 33 heavy (non-hydrogen) atoms. The smallest absolute Gasteiger partial charge is 0.0840 e. The van der Waals surface area contributed by atoms with Crippen molar-refractivity contribution < 1.29 is 5.11 Å². The molecule has 0 amide bonds. The normalized spacial score (nSPS) is 20.6. The molecule has 2 aliphatic rings. The summed E-state index contributed by atoms with van der Waals surface area (Å²) in [6.07, 6.45) is 7.02. The summed E-state index contributed by atoms with van der Waals surface area (Å²) in [4.78, 5) is 3.84. The lowest BCUT2D eigenvalue weighted by Crippen LogP contribution is -2.41. The highest BCUT2D eigenvalue weighted by Crippen LogP contribution is 2.41. The summed E-state index contributed by atoms with van der Waals surface area (Å²) in [5.74, 6) is 0. The Hall–Kier alpha value is -2.27. The van der Waals surface area contributed by atoms with Gasteiger partial charge in [-0.2, -0.15) is 0 Å². The molecule has 4 heteroatoms. The van der Waals surface area contributed by atoms with Crippen LogP contribution < -0.4 is 9.62 Å². The molecule has 5 rings (SSSR count).